The van der Waals surface area contributed by atoms with E-state index in [1.807, 2.05) is 0 Å². The monoisotopic (exact) mass is 375 g/mol. The molecule has 0 aliphatic heterocycles. The van der Waals surface area contributed by atoms with E-state index < -0.39 is 21.1 Å². The molecule has 3 rings (SSSR count). The molecule has 3 aromatic rings. The van der Waals surface area contributed by atoms with Gasteiger partial charge in [0.1, 0.15) is 0 Å². The van der Waals surface area contributed by atoms with Crippen LogP contribution in [-0.2, 0) is 10.0 Å². The van der Waals surface area contributed by atoms with Crippen molar-refractivity contribution in [3.63, 3.8) is 0 Å². The summed E-state index contributed by atoms with van der Waals surface area (Å²) >= 11 is 0. The zero-order valence-corrected chi connectivity index (χ0v) is 15.2. The van der Waals surface area contributed by atoms with Gasteiger partial charge in [-0.1, -0.05) is 12.1 Å². The summed E-state index contributed by atoms with van der Waals surface area (Å²) in [4.78, 5) is 19.7. The molecule has 2 aromatic heterocycles. The SMILES string of the molecule is CCN(c1c(C)cccc1C(=O)O)S(=O)(=O)c1nc2nc(C)ccn2n1. The minimum Gasteiger partial charge on any atom is -0.478 e. The van der Waals surface area contributed by atoms with E-state index in [-0.39, 0.29) is 23.6 Å². The van der Waals surface area contributed by atoms with Crippen molar-refractivity contribution in [3.05, 3.63) is 47.3 Å². The highest BCUT2D eigenvalue weighted by Gasteiger charge is 2.32. The van der Waals surface area contributed by atoms with Crippen LogP contribution in [0.5, 0.6) is 0 Å². The van der Waals surface area contributed by atoms with Crippen LogP contribution in [0.15, 0.2) is 35.6 Å². The molecule has 1 aromatic carbocycles. The van der Waals surface area contributed by atoms with E-state index in [1.165, 1.54) is 10.6 Å². The van der Waals surface area contributed by atoms with Gasteiger partial charge in [0, 0.05) is 18.4 Å². The van der Waals surface area contributed by atoms with Gasteiger partial charge in [-0.05, 0) is 38.5 Å². The zero-order chi connectivity index (χ0) is 19.1. The first-order valence-corrected chi connectivity index (χ1v) is 9.25. The number of nitrogens with zero attached hydrogens (tertiary/aromatic N) is 5. The molecule has 0 unspecified atom stereocenters. The van der Waals surface area contributed by atoms with Crippen LogP contribution in [0.3, 0.4) is 0 Å². The topological polar surface area (TPSA) is 118 Å². The number of sulfonamides is 1. The summed E-state index contributed by atoms with van der Waals surface area (Å²) in [5, 5.41) is 13.0. The molecule has 0 aliphatic rings. The standard InChI is InChI=1S/C16H17N5O4S/c1-4-21(13-10(2)6-5-7-12(13)14(22)23)26(24,25)16-18-15-17-11(3)8-9-20(15)19-16/h5-9H,4H2,1-3H3,(H,22,23). The second-order valence-electron chi connectivity index (χ2n) is 5.65. The maximum absolute atomic E-state index is 13.1. The Balaban J connectivity index is 2.19. The lowest BCUT2D eigenvalue weighted by Crippen LogP contribution is -2.33. The Morgan fingerprint density at radius 3 is 2.62 bits per heavy atom. The van der Waals surface area contributed by atoms with Gasteiger partial charge in [0.25, 0.3) is 10.9 Å². The molecule has 0 saturated carbocycles. The molecule has 136 valence electrons. The summed E-state index contributed by atoms with van der Waals surface area (Å²) in [6.07, 6.45) is 1.57. The maximum atomic E-state index is 13.1. The summed E-state index contributed by atoms with van der Waals surface area (Å²) in [6, 6.07) is 6.27. The van der Waals surface area contributed by atoms with Crippen molar-refractivity contribution >= 4 is 27.5 Å². The molecule has 2 heterocycles. The maximum Gasteiger partial charge on any atom is 0.337 e. The molecule has 0 bridgehead atoms. The molecule has 0 aliphatic carbocycles. The molecule has 0 spiro atoms. The predicted octanol–water partition coefficient (Wildman–Crippen LogP) is 1.65. The number of fused-ring (bicyclic) bond motifs is 1. The number of carboxylic acids is 1. The van der Waals surface area contributed by atoms with Crippen molar-refractivity contribution in [2.24, 2.45) is 0 Å². The minimum absolute atomic E-state index is 0.0233. The lowest BCUT2D eigenvalue weighted by atomic mass is 10.1. The van der Waals surface area contributed by atoms with E-state index >= 15 is 0 Å². The third-order valence-electron chi connectivity index (χ3n) is 3.85. The molecule has 0 saturated heterocycles. The molecule has 1 N–H and O–H groups in total. The van der Waals surface area contributed by atoms with Crippen LogP contribution in [-0.4, -0.2) is 45.6 Å². The Labute approximate surface area is 150 Å². The van der Waals surface area contributed by atoms with Crippen LogP contribution in [0.2, 0.25) is 0 Å². The lowest BCUT2D eigenvalue weighted by Gasteiger charge is -2.24. The predicted molar refractivity (Wildman–Crippen MR) is 93.9 cm³/mol. The van der Waals surface area contributed by atoms with Crippen LogP contribution in [0.4, 0.5) is 5.69 Å². The fourth-order valence-corrected chi connectivity index (χ4v) is 4.07. The Hall–Kier alpha value is -3.01. The quantitative estimate of drug-likeness (QED) is 0.720. The third kappa shape index (κ3) is 2.88. The Kier molecular flexibility index (Phi) is 4.36. The summed E-state index contributed by atoms with van der Waals surface area (Å²) in [6.45, 7) is 5.05. The first kappa shape index (κ1) is 17.8. The summed E-state index contributed by atoms with van der Waals surface area (Å²) < 4.78 is 28.5. The highest BCUT2D eigenvalue weighted by molar-refractivity contribution is 7.92. The van der Waals surface area contributed by atoms with Crippen LogP contribution in [0.25, 0.3) is 5.78 Å². The molecule has 0 amide bonds. The van der Waals surface area contributed by atoms with Crippen molar-refractivity contribution < 1.29 is 18.3 Å². The third-order valence-corrected chi connectivity index (χ3v) is 5.51. The van der Waals surface area contributed by atoms with Crippen molar-refractivity contribution in [2.45, 2.75) is 25.9 Å². The number of carbonyl (C=O) groups is 1. The fourth-order valence-electron chi connectivity index (χ4n) is 2.66. The molecule has 26 heavy (non-hydrogen) atoms. The molecule has 0 radical (unpaired) electrons. The number of rotatable bonds is 5. The van der Waals surface area contributed by atoms with E-state index in [1.54, 1.807) is 45.2 Å². The molecule has 10 heteroatoms. The second kappa shape index (κ2) is 6.37. The van der Waals surface area contributed by atoms with Crippen LogP contribution >= 0.6 is 0 Å². The number of aryl methyl sites for hydroxylation is 2. The van der Waals surface area contributed by atoms with Gasteiger partial charge >= 0.3 is 16.0 Å². The zero-order valence-electron chi connectivity index (χ0n) is 14.4. The van der Waals surface area contributed by atoms with Crippen molar-refractivity contribution in [2.75, 3.05) is 10.8 Å². The average molecular weight is 375 g/mol. The van der Waals surface area contributed by atoms with E-state index in [2.05, 4.69) is 15.1 Å². The van der Waals surface area contributed by atoms with Gasteiger partial charge < -0.3 is 5.11 Å². The van der Waals surface area contributed by atoms with Crippen molar-refractivity contribution in [1.82, 2.24) is 19.6 Å². The van der Waals surface area contributed by atoms with Crippen molar-refractivity contribution in [1.29, 1.82) is 0 Å². The van der Waals surface area contributed by atoms with Gasteiger partial charge in [0.05, 0.1) is 11.3 Å². The smallest absolute Gasteiger partial charge is 0.337 e. The first-order chi connectivity index (χ1) is 12.3. The number of aromatic carboxylic acids is 1. The average Bonchev–Trinajstić information content (AvgIpc) is 3.00. The number of hydrogen-bond donors (Lipinski definition) is 1. The normalized spacial score (nSPS) is 11.7. The van der Waals surface area contributed by atoms with E-state index in [0.29, 0.717) is 11.3 Å². The van der Waals surface area contributed by atoms with Gasteiger partial charge in [-0.2, -0.15) is 13.4 Å². The number of benzene rings is 1. The summed E-state index contributed by atoms with van der Waals surface area (Å²) in [7, 11) is -4.17. The van der Waals surface area contributed by atoms with E-state index in [0.717, 1.165) is 4.31 Å². The van der Waals surface area contributed by atoms with Crippen molar-refractivity contribution in [3.8, 4) is 0 Å². The summed E-state index contributed by atoms with van der Waals surface area (Å²) in [5.74, 6) is -1.06. The molecule has 0 atom stereocenters. The number of aromatic nitrogens is 4. The van der Waals surface area contributed by atoms with Crippen LogP contribution in [0, 0.1) is 13.8 Å². The lowest BCUT2D eigenvalue weighted by molar-refractivity contribution is 0.0697. The number of anilines is 1. The van der Waals surface area contributed by atoms with Gasteiger partial charge in [-0.3, -0.25) is 4.31 Å². The highest BCUT2D eigenvalue weighted by Crippen LogP contribution is 2.29. The summed E-state index contributed by atoms with van der Waals surface area (Å²) in [5.41, 5.74) is 1.19. The molecular formula is C16H17N5O4S. The second-order valence-corrected chi connectivity index (χ2v) is 7.41. The number of para-hydroxylation sites is 1. The largest absolute Gasteiger partial charge is 0.478 e. The number of carboxylic acid groups (broad SMARTS) is 1. The minimum atomic E-state index is -4.17. The fraction of sp³-hybridized carbons (Fsp3) is 0.250. The van der Waals surface area contributed by atoms with E-state index in [4.69, 9.17) is 0 Å². The molecule has 0 fully saturated rings. The van der Waals surface area contributed by atoms with Gasteiger partial charge in [0.15, 0.2) is 0 Å². The van der Waals surface area contributed by atoms with Gasteiger partial charge in [-0.25, -0.2) is 14.3 Å². The molecule has 9 nitrogen and oxygen atoms in total. The van der Waals surface area contributed by atoms with Gasteiger partial charge in [-0.15, -0.1) is 5.10 Å². The van der Waals surface area contributed by atoms with Crippen LogP contribution in [0.1, 0.15) is 28.5 Å². The number of hydrogen-bond acceptors (Lipinski definition) is 6. The molecular weight excluding hydrogens is 358 g/mol. The first-order valence-electron chi connectivity index (χ1n) is 7.81. The van der Waals surface area contributed by atoms with Gasteiger partial charge in [0.2, 0.25) is 0 Å². The highest BCUT2D eigenvalue weighted by atomic mass is 32.2. The Morgan fingerprint density at radius 1 is 1.23 bits per heavy atom. The van der Waals surface area contributed by atoms with Crippen LogP contribution < -0.4 is 4.31 Å². The Morgan fingerprint density at radius 2 is 1.96 bits per heavy atom. The Bertz CT molecular complexity index is 1110. The van der Waals surface area contributed by atoms with E-state index in [9.17, 15) is 18.3 Å².